The van der Waals surface area contributed by atoms with Crippen LogP contribution in [0, 0.1) is 13.8 Å². The fourth-order valence-corrected chi connectivity index (χ4v) is 5.99. The summed E-state index contributed by atoms with van der Waals surface area (Å²) in [6.45, 7) is 14.8. The van der Waals surface area contributed by atoms with Gasteiger partial charge in [-0.1, -0.05) is 13.8 Å². The van der Waals surface area contributed by atoms with Crippen LogP contribution in [0.15, 0.2) is 24.7 Å². The molecule has 0 aromatic carbocycles. The van der Waals surface area contributed by atoms with Gasteiger partial charge in [-0.15, -0.1) is 0 Å². The van der Waals surface area contributed by atoms with Crippen molar-refractivity contribution >= 4 is 28.4 Å². The van der Waals surface area contributed by atoms with Crippen LogP contribution in [0.3, 0.4) is 0 Å². The molecule has 0 radical (unpaired) electrons. The van der Waals surface area contributed by atoms with Gasteiger partial charge in [0, 0.05) is 56.6 Å². The van der Waals surface area contributed by atoms with Crippen molar-refractivity contribution in [2.24, 2.45) is 0 Å². The molecule has 4 aromatic heterocycles. The zero-order valence-corrected chi connectivity index (χ0v) is 22.8. The molecule has 200 valence electrons. The molecular formula is C28H36N8O2. The van der Waals surface area contributed by atoms with Crippen molar-refractivity contribution in [3.8, 4) is 11.3 Å². The highest BCUT2D eigenvalue weighted by Crippen LogP contribution is 2.38. The van der Waals surface area contributed by atoms with Crippen molar-refractivity contribution < 1.29 is 9.90 Å². The van der Waals surface area contributed by atoms with E-state index >= 15 is 0 Å². The molecule has 2 aliphatic rings. The third-order valence-corrected chi connectivity index (χ3v) is 8.08. The number of H-pyrrole nitrogens is 1. The SMILES string of the molecule is Cc1c(-c2[nH]c3ccc(N4CCN(C(=O)CN5CC(C)(O)C5)CC4)nc3c2C(C)C)cn2ncnc2c1C. The summed E-state index contributed by atoms with van der Waals surface area (Å²) in [7, 11) is 0. The number of nitrogens with zero attached hydrogens (tertiary/aromatic N) is 7. The first-order valence-electron chi connectivity index (χ1n) is 13.4. The second kappa shape index (κ2) is 9.06. The Morgan fingerprint density at radius 2 is 1.87 bits per heavy atom. The van der Waals surface area contributed by atoms with Crippen molar-refractivity contribution in [1.82, 2.24) is 34.4 Å². The number of pyridine rings is 2. The van der Waals surface area contributed by atoms with Crippen LogP contribution in [-0.4, -0.2) is 96.8 Å². The lowest BCUT2D eigenvalue weighted by Crippen LogP contribution is -2.62. The lowest BCUT2D eigenvalue weighted by Gasteiger charge is -2.45. The first-order chi connectivity index (χ1) is 18.1. The first kappa shape index (κ1) is 24.8. The molecule has 1 amide bonds. The minimum atomic E-state index is -0.656. The topological polar surface area (TPSA) is 106 Å². The van der Waals surface area contributed by atoms with Crippen LogP contribution in [0.2, 0.25) is 0 Å². The number of β-amino-alcohol motifs (C(OH)–C–C–N with tert-alkyl or cyclic N) is 1. The molecule has 10 heteroatoms. The van der Waals surface area contributed by atoms with Crippen LogP contribution in [0.25, 0.3) is 27.9 Å². The molecule has 38 heavy (non-hydrogen) atoms. The van der Waals surface area contributed by atoms with E-state index in [2.05, 4.69) is 66.0 Å². The lowest BCUT2D eigenvalue weighted by molar-refractivity contribution is -0.140. The number of hydrogen-bond donors (Lipinski definition) is 2. The van der Waals surface area contributed by atoms with Crippen molar-refractivity contribution in [2.75, 3.05) is 50.7 Å². The van der Waals surface area contributed by atoms with Crippen molar-refractivity contribution in [2.45, 2.75) is 46.1 Å². The predicted molar refractivity (Wildman–Crippen MR) is 147 cm³/mol. The maximum atomic E-state index is 12.8. The Morgan fingerprint density at radius 3 is 2.55 bits per heavy atom. The summed E-state index contributed by atoms with van der Waals surface area (Å²) in [5.74, 6) is 1.34. The Hall–Kier alpha value is -3.50. The molecule has 0 unspecified atom stereocenters. The molecule has 2 fully saturated rings. The molecule has 4 aromatic rings. The first-order valence-corrected chi connectivity index (χ1v) is 13.4. The van der Waals surface area contributed by atoms with Gasteiger partial charge in [-0.05, 0) is 49.9 Å². The van der Waals surface area contributed by atoms with Crippen molar-refractivity contribution in [3.63, 3.8) is 0 Å². The molecule has 0 bridgehead atoms. The number of aromatic amines is 1. The number of piperazine rings is 1. The van der Waals surface area contributed by atoms with E-state index < -0.39 is 5.60 Å². The Bertz CT molecular complexity index is 1520. The molecule has 2 saturated heterocycles. The number of aliphatic hydroxyl groups is 1. The summed E-state index contributed by atoms with van der Waals surface area (Å²) < 4.78 is 1.84. The van der Waals surface area contributed by atoms with Gasteiger partial charge in [0.1, 0.15) is 12.1 Å². The molecular weight excluding hydrogens is 480 g/mol. The lowest BCUT2D eigenvalue weighted by atomic mass is 9.95. The Balaban J connectivity index is 1.25. The van der Waals surface area contributed by atoms with Gasteiger partial charge in [-0.25, -0.2) is 14.5 Å². The number of carbonyl (C=O) groups excluding carboxylic acids is 1. The Labute approximate surface area is 222 Å². The van der Waals surface area contributed by atoms with Gasteiger partial charge in [0.15, 0.2) is 5.65 Å². The third kappa shape index (κ3) is 4.21. The minimum absolute atomic E-state index is 0.135. The number of likely N-dealkylation sites (tertiary alicyclic amines) is 1. The quantitative estimate of drug-likeness (QED) is 0.420. The highest BCUT2D eigenvalue weighted by molar-refractivity contribution is 5.90. The van der Waals surface area contributed by atoms with E-state index in [0.29, 0.717) is 32.7 Å². The molecule has 2 aliphatic heterocycles. The van der Waals surface area contributed by atoms with Crippen molar-refractivity contribution in [1.29, 1.82) is 0 Å². The fraction of sp³-hybridized carbons (Fsp3) is 0.500. The summed E-state index contributed by atoms with van der Waals surface area (Å²) in [6, 6.07) is 4.20. The van der Waals surface area contributed by atoms with Crippen LogP contribution in [0.1, 0.15) is 43.4 Å². The van der Waals surface area contributed by atoms with E-state index in [1.807, 2.05) is 21.2 Å². The fourth-order valence-electron chi connectivity index (χ4n) is 5.99. The summed E-state index contributed by atoms with van der Waals surface area (Å²) in [6.07, 6.45) is 3.65. The van der Waals surface area contributed by atoms with Crippen LogP contribution in [0.5, 0.6) is 0 Å². The number of nitrogens with one attached hydrogen (secondary N) is 1. The molecule has 0 spiro atoms. The van der Waals surface area contributed by atoms with Gasteiger partial charge in [0.2, 0.25) is 5.91 Å². The van der Waals surface area contributed by atoms with Gasteiger partial charge >= 0.3 is 0 Å². The van der Waals surface area contributed by atoms with Gasteiger partial charge in [0.05, 0.1) is 28.9 Å². The van der Waals surface area contributed by atoms with E-state index in [9.17, 15) is 9.90 Å². The standard InChI is InChI=1S/C28H36N8O2/c1-17(2)24-25(20-12-36-27(29-16-30-36)19(4)18(20)3)31-21-6-7-22(32-26(21)24)34-8-10-35(11-9-34)23(37)13-33-14-28(5,38)15-33/h6-7,12,16-17,31,38H,8-11,13-15H2,1-5H3. The van der Waals surface area contributed by atoms with E-state index in [1.54, 1.807) is 6.33 Å². The summed E-state index contributed by atoms with van der Waals surface area (Å²) >= 11 is 0. The maximum absolute atomic E-state index is 12.8. The van der Waals surface area contributed by atoms with E-state index in [0.717, 1.165) is 52.4 Å². The molecule has 2 N–H and O–H groups in total. The molecule has 0 aliphatic carbocycles. The van der Waals surface area contributed by atoms with Crippen molar-refractivity contribution in [3.05, 3.63) is 41.3 Å². The van der Waals surface area contributed by atoms with E-state index in [-0.39, 0.29) is 11.8 Å². The molecule has 6 rings (SSSR count). The number of amides is 1. The number of anilines is 1. The summed E-state index contributed by atoms with van der Waals surface area (Å²) in [4.78, 5) is 32.2. The largest absolute Gasteiger partial charge is 0.388 e. The smallest absolute Gasteiger partial charge is 0.236 e. The number of aryl methyl sites for hydroxylation is 1. The third-order valence-electron chi connectivity index (χ3n) is 8.08. The molecule has 6 heterocycles. The Morgan fingerprint density at radius 1 is 1.13 bits per heavy atom. The number of hydrogen-bond acceptors (Lipinski definition) is 7. The van der Waals surface area contributed by atoms with Gasteiger partial charge < -0.3 is 19.9 Å². The van der Waals surface area contributed by atoms with Gasteiger partial charge in [-0.3, -0.25) is 9.69 Å². The predicted octanol–water partition coefficient (Wildman–Crippen LogP) is 2.73. The Kier molecular flexibility index (Phi) is 5.92. The van der Waals surface area contributed by atoms with Crippen LogP contribution < -0.4 is 4.90 Å². The highest BCUT2D eigenvalue weighted by Gasteiger charge is 2.38. The van der Waals surface area contributed by atoms with Crippen LogP contribution in [0.4, 0.5) is 5.82 Å². The zero-order chi connectivity index (χ0) is 26.8. The number of rotatable bonds is 5. The number of carbonyl (C=O) groups is 1. The monoisotopic (exact) mass is 516 g/mol. The van der Waals surface area contributed by atoms with Crippen LogP contribution in [-0.2, 0) is 4.79 Å². The average molecular weight is 517 g/mol. The second-order valence-electron chi connectivity index (χ2n) is 11.5. The number of aromatic nitrogens is 5. The summed E-state index contributed by atoms with van der Waals surface area (Å²) in [5.41, 5.74) is 7.92. The maximum Gasteiger partial charge on any atom is 0.236 e. The molecule has 10 nitrogen and oxygen atoms in total. The number of fused-ring (bicyclic) bond motifs is 2. The van der Waals surface area contributed by atoms with E-state index in [1.165, 1.54) is 11.1 Å². The molecule has 0 saturated carbocycles. The highest BCUT2D eigenvalue weighted by atomic mass is 16.3. The summed E-state index contributed by atoms with van der Waals surface area (Å²) in [5, 5.41) is 14.3. The average Bonchev–Trinajstić information content (AvgIpc) is 3.49. The van der Waals surface area contributed by atoms with Gasteiger partial charge in [-0.2, -0.15) is 5.10 Å². The van der Waals surface area contributed by atoms with Crippen LogP contribution >= 0.6 is 0 Å². The molecule has 0 atom stereocenters. The zero-order valence-electron chi connectivity index (χ0n) is 22.8. The second-order valence-corrected chi connectivity index (χ2v) is 11.5. The van der Waals surface area contributed by atoms with E-state index in [4.69, 9.17) is 4.98 Å². The normalized spacial score (nSPS) is 18.1. The van der Waals surface area contributed by atoms with Gasteiger partial charge in [0.25, 0.3) is 0 Å². The minimum Gasteiger partial charge on any atom is -0.388 e.